The summed E-state index contributed by atoms with van der Waals surface area (Å²) in [7, 11) is 4.05. The van der Waals surface area contributed by atoms with Crippen molar-refractivity contribution in [2.45, 2.75) is 12.8 Å². The maximum atomic E-state index is 12.3. The zero-order chi connectivity index (χ0) is 17.5. The first-order chi connectivity index (χ1) is 11.5. The monoisotopic (exact) mass is 350 g/mol. The van der Waals surface area contributed by atoms with Crippen LogP contribution in [-0.2, 0) is 4.79 Å². The largest absolute Gasteiger partial charge is 0.506 e. The Hall–Kier alpha value is -1.86. The van der Waals surface area contributed by atoms with E-state index < -0.39 is 0 Å². The number of nitrogens with one attached hydrogen (secondary N) is 2. The molecule has 0 aliphatic carbocycles. The maximum Gasteiger partial charge on any atom is 0.227 e. The minimum atomic E-state index is -0.0505. The Labute approximate surface area is 148 Å². The van der Waals surface area contributed by atoms with Gasteiger partial charge in [0.05, 0.1) is 5.69 Å². The molecule has 1 fully saturated rings. The van der Waals surface area contributed by atoms with E-state index >= 15 is 0 Å². The number of amides is 1. The Balaban J connectivity index is 1.76. The van der Waals surface area contributed by atoms with Crippen LogP contribution in [-0.4, -0.2) is 66.2 Å². The molecule has 0 bridgehead atoms. The number of rotatable bonds is 5. The van der Waals surface area contributed by atoms with Crippen molar-refractivity contribution in [1.29, 1.82) is 0 Å². The van der Waals surface area contributed by atoms with Crippen molar-refractivity contribution in [2.24, 2.45) is 5.92 Å². The van der Waals surface area contributed by atoms with Gasteiger partial charge in [-0.25, -0.2) is 0 Å². The zero-order valence-electron chi connectivity index (χ0n) is 14.3. The lowest BCUT2D eigenvalue weighted by molar-refractivity contribution is -0.121. The second-order valence-corrected chi connectivity index (χ2v) is 6.69. The van der Waals surface area contributed by atoms with Crippen molar-refractivity contribution >= 4 is 28.9 Å². The molecule has 2 rings (SSSR count). The molecule has 0 aromatic heterocycles. The molecule has 1 amide bonds. The number of likely N-dealkylation sites (tertiary alicyclic amines) is 1. The van der Waals surface area contributed by atoms with Gasteiger partial charge in [0.15, 0.2) is 5.11 Å². The van der Waals surface area contributed by atoms with Crippen LogP contribution < -0.4 is 10.6 Å². The second kappa shape index (κ2) is 8.84. The number of phenols is 1. The van der Waals surface area contributed by atoms with Crippen LogP contribution in [0.5, 0.6) is 5.75 Å². The number of hydrogen-bond donors (Lipinski definition) is 3. The third-order valence-corrected chi connectivity index (χ3v) is 4.55. The number of carbonyl (C=O) groups excluding carboxylic acids is 1. The summed E-state index contributed by atoms with van der Waals surface area (Å²) in [6, 6.07) is 6.78. The van der Waals surface area contributed by atoms with Crippen molar-refractivity contribution in [2.75, 3.05) is 45.6 Å². The lowest BCUT2D eigenvalue weighted by atomic mass is 9.96. The van der Waals surface area contributed by atoms with Crippen molar-refractivity contribution in [3.8, 4) is 5.75 Å². The van der Waals surface area contributed by atoms with Crippen LogP contribution in [0.2, 0.25) is 0 Å². The first kappa shape index (κ1) is 18.5. The van der Waals surface area contributed by atoms with Gasteiger partial charge in [0.2, 0.25) is 5.91 Å². The minimum Gasteiger partial charge on any atom is -0.506 e. The summed E-state index contributed by atoms with van der Waals surface area (Å²) in [5, 5.41) is 16.6. The van der Waals surface area contributed by atoms with E-state index in [9.17, 15) is 9.90 Å². The van der Waals surface area contributed by atoms with E-state index in [1.807, 2.05) is 14.1 Å². The minimum absolute atomic E-state index is 0.0392. The molecule has 1 saturated heterocycles. The third kappa shape index (κ3) is 5.35. The zero-order valence-corrected chi connectivity index (χ0v) is 15.1. The van der Waals surface area contributed by atoms with Crippen LogP contribution in [0.15, 0.2) is 24.3 Å². The predicted molar refractivity (Wildman–Crippen MR) is 100 cm³/mol. The van der Waals surface area contributed by atoms with Gasteiger partial charge in [0.25, 0.3) is 0 Å². The first-order valence-corrected chi connectivity index (χ1v) is 8.64. The molecule has 0 unspecified atom stereocenters. The molecule has 6 nitrogen and oxygen atoms in total. The lowest BCUT2D eigenvalue weighted by Crippen LogP contribution is -2.47. The average Bonchev–Trinajstić information content (AvgIpc) is 2.56. The fourth-order valence-corrected chi connectivity index (χ4v) is 2.94. The molecular formula is C17H26N4O2S. The molecule has 1 heterocycles. The number of benzene rings is 1. The van der Waals surface area contributed by atoms with E-state index in [4.69, 9.17) is 12.2 Å². The van der Waals surface area contributed by atoms with E-state index in [0.717, 1.165) is 44.1 Å². The van der Waals surface area contributed by atoms with Gasteiger partial charge in [0.1, 0.15) is 5.75 Å². The maximum absolute atomic E-state index is 12.3. The molecule has 1 aliphatic rings. The molecule has 0 spiro atoms. The Morgan fingerprint density at radius 1 is 1.33 bits per heavy atom. The van der Waals surface area contributed by atoms with E-state index in [1.54, 1.807) is 24.3 Å². The normalized spacial score (nSPS) is 15.4. The van der Waals surface area contributed by atoms with Crippen LogP contribution in [0.1, 0.15) is 12.8 Å². The van der Waals surface area contributed by atoms with Gasteiger partial charge >= 0.3 is 0 Å². The highest BCUT2D eigenvalue weighted by Crippen LogP contribution is 2.24. The molecular weight excluding hydrogens is 324 g/mol. The predicted octanol–water partition coefficient (Wildman–Crippen LogP) is 1.48. The van der Waals surface area contributed by atoms with Crippen LogP contribution in [0.25, 0.3) is 0 Å². The number of piperidine rings is 1. The fourth-order valence-electron chi connectivity index (χ4n) is 2.66. The molecule has 7 heteroatoms. The van der Waals surface area contributed by atoms with E-state index in [-0.39, 0.29) is 17.6 Å². The van der Waals surface area contributed by atoms with Gasteiger partial charge in [-0.3, -0.25) is 4.79 Å². The summed E-state index contributed by atoms with van der Waals surface area (Å²) in [6.07, 6.45) is 1.52. The lowest BCUT2D eigenvalue weighted by Gasteiger charge is -2.33. The number of carbonyl (C=O) groups is 1. The molecule has 24 heavy (non-hydrogen) atoms. The third-order valence-electron chi connectivity index (χ3n) is 4.15. The number of hydrogen-bond acceptors (Lipinski definition) is 4. The quantitative estimate of drug-likeness (QED) is 0.552. The molecule has 1 aliphatic heterocycles. The van der Waals surface area contributed by atoms with E-state index in [2.05, 4.69) is 20.4 Å². The highest BCUT2D eigenvalue weighted by atomic mass is 32.1. The fraction of sp³-hybridized carbons (Fsp3) is 0.529. The summed E-state index contributed by atoms with van der Waals surface area (Å²) >= 11 is 5.42. The standard InChI is InChI=1S/C17H26N4O2S/c1-20(2)12-9-18-17(24)21-10-7-13(8-11-21)16(23)19-14-5-3-4-6-15(14)22/h3-6,13,22H,7-12H2,1-2H3,(H,18,24)(H,19,23). The summed E-state index contributed by atoms with van der Waals surface area (Å²) in [5.74, 6) is 0.00243. The molecule has 1 aromatic rings. The SMILES string of the molecule is CN(C)CCNC(=S)N1CCC(C(=O)Nc2ccccc2O)CC1. The Kier molecular flexibility index (Phi) is 6.81. The first-order valence-electron chi connectivity index (χ1n) is 8.23. The van der Waals surface area contributed by atoms with E-state index in [0.29, 0.717) is 5.69 Å². The Morgan fingerprint density at radius 3 is 2.62 bits per heavy atom. The topological polar surface area (TPSA) is 67.8 Å². The summed E-state index contributed by atoms with van der Waals surface area (Å²) in [6.45, 7) is 3.29. The number of anilines is 1. The van der Waals surface area contributed by atoms with Crippen molar-refractivity contribution in [1.82, 2.24) is 15.1 Å². The molecule has 132 valence electrons. The molecule has 0 radical (unpaired) electrons. The smallest absolute Gasteiger partial charge is 0.227 e. The van der Waals surface area contributed by atoms with Gasteiger partial charge in [-0.15, -0.1) is 0 Å². The van der Waals surface area contributed by atoms with Crippen LogP contribution in [0.3, 0.4) is 0 Å². The number of aromatic hydroxyl groups is 1. The number of nitrogens with zero attached hydrogens (tertiary/aromatic N) is 2. The summed E-state index contributed by atoms with van der Waals surface area (Å²) in [4.78, 5) is 16.6. The van der Waals surface area contributed by atoms with Crippen molar-refractivity contribution in [3.63, 3.8) is 0 Å². The number of phenolic OH excluding ortho intramolecular Hbond substituents is 1. The average molecular weight is 350 g/mol. The van der Waals surface area contributed by atoms with Crippen LogP contribution in [0, 0.1) is 5.92 Å². The van der Waals surface area contributed by atoms with Gasteiger partial charge in [-0.1, -0.05) is 12.1 Å². The van der Waals surface area contributed by atoms with Crippen molar-refractivity contribution < 1.29 is 9.90 Å². The highest BCUT2D eigenvalue weighted by molar-refractivity contribution is 7.80. The van der Waals surface area contributed by atoms with Gasteiger partial charge in [0, 0.05) is 32.1 Å². The Morgan fingerprint density at radius 2 is 2.00 bits per heavy atom. The van der Waals surface area contributed by atoms with Crippen LogP contribution in [0.4, 0.5) is 5.69 Å². The number of likely N-dealkylation sites (N-methyl/N-ethyl adjacent to an activating group) is 1. The van der Waals surface area contributed by atoms with E-state index in [1.165, 1.54) is 0 Å². The number of thiocarbonyl (C=S) groups is 1. The molecule has 3 N–H and O–H groups in total. The molecule has 0 saturated carbocycles. The second-order valence-electron chi connectivity index (χ2n) is 6.30. The Bertz CT molecular complexity index is 571. The summed E-state index contributed by atoms with van der Waals surface area (Å²) < 4.78 is 0. The molecule has 1 aromatic carbocycles. The van der Waals surface area contributed by atoms with Gasteiger partial charge in [-0.05, 0) is 51.3 Å². The van der Waals surface area contributed by atoms with Gasteiger partial charge in [-0.2, -0.15) is 0 Å². The summed E-state index contributed by atoms with van der Waals surface area (Å²) in [5.41, 5.74) is 0.464. The number of para-hydroxylation sites is 2. The van der Waals surface area contributed by atoms with Gasteiger partial charge < -0.3 is 25.5 Å². The van der Waals surface area contributed by atoms with Crippen LogP contribution >= 0.6 is 12.2 Å². The van der Waals surface area contributed by atoms with Crippen molar-refractivity contribution in [3.05, 3.63) is 24.3 Å². The molecule has 0 atom stereocenters. The highest BCUT2D eigenvalue weighted by Gasteiger charge is 2.26.